The fraction of sp³-hybridized carbons (Fsp3) is 0.316. The van der Waals surface area contributed by atoms with Crippen LogP contribution < -0.4 is 15.6 Å². The number of amides is 1. The molecule has 0 saturated carbocycles. The van der Waals surface area contributed by atoms with Gasteiger partial charge in [-0.25, -0.2) is 9.78 Å². The normalized spacial score (nSPS) is 14.8. The fourth-order valence-corrected chi connectivity index (χ4v) is 3.39. The molecule has 3 aromatic rings. The second-order valence-electron chi connectivity index (χ2n) is 6.36. The zero-order valence-corrected chi connectivity index (χ0v) is 14.4. The Morgan fingerprint density at radius 1 is 1.04 bits per heavy atom. The van der Waals surface area contributed by atoms with Gasteiger partial charge in [0.05, 0.1) is 5.52 Å². The molecule has 7 nitrogen and oxygen atoms in total. The molecule has 1 fully saturated rings. The van der Waals surface area contributed by atoms with E-state index in [9.17, 15) is 9.59 Å². The van der Waals surface area contributed by atoms with Crippen LogP contribution in [-0.4, -0.2) is 41.6 Å². The molecule has 3 heterocycles. The first-order valence-electron chi connectivity index (χ1n) is 8.79. The first kappa shape index (κ1) is 16.4. The minimum atomic E-state index is -0.412. The molecule has 0 atom stereocenters. The van der Waals surface area contributed by atoms with Crippen molar-refractivity contribution >= 4 is 22.7 Å². The zero-order chi connectivity index (χ0) is 17.9. The Bertz CT molecular complexity index is 956. The number of nitrogens with one attached hydrogen (secondary N) is 1. The number of aryl methyl sites for hydroxylation is 1. The summed E-state index contributed by atoms with van der Waals surface area (Å²) in [5.41, 5.74) is 2.45. The van der Waals surface area contributed by atoms with Crippen LogP contribution in [0.1, 0.15) is 6.42 Å². The second kappa shape index (κ2) is 7.03. The van der Waals surface area contributed by atoms with E-state index in [1.54, 1.807) is 6.07 Å². The van der Waals surface area contributed by atoms with Gasteiger partial charge in [0.2, 0.25) is 5.91 Å². The molecule has 1 amide bonds. The van der Waals surface area contributed by atoms with Gasteiger partial charge in [0.1, 0.15) is 0 Å². The number of para-hydroxylation sites is 2. The third-order valence-corrected chi connectivity index (χ3v) is 4.82. The number of nitrogens with zero attached hydrogens (tertiary/aromatic N) is 3. The number of aromatic amines is 1. The first-order valence-corrected chi connectivity index (χ1v) is 8.79. The van der Waals surface area contributed by atoms with Gasteiger partial charge in [-0.1, -0.05) is 12.1 Å². The maximum Gasteiger partial charge on any atom is 0.419 e. The van der Waals surface area contributed by atoms with E-state index in [0.717, 1.165) is 24.3 Å². The van der Waals surface area contributed by atoms with Crippen LogP contribution in [0.5, 0.6) is 0 Å². The summed E-state index contributed by atoms with van der Waals surface area (Å²) in [6.45, 7) is 3.34. The molecule has 2 aromatic heterocycles. The van der Waals surface area contributed by atoms with E-state index in [-0.39, 0.29) is 5.91 Å². The van der Waals surface area contributed by atoms with Crippen molar-refractivity contribution in [2.45, 2.75) is 13.0 Å². The van der Waals surface area contributed by atoms with Crippen LogP contribution in [0, 0.1) is 0 Å². The number of oxazole rings is 1. The highest BCUT2D eigenvalue weighted by Gasteiger charge is 2.22. The molecule has 1 aliphatic rings. The number of pyridine rings is 1. The van der Waals surface area contributed by atoms with Crippen LogP contribution >= 0.6 is 0 Å². The lowest BCUT2D eigenvalue weighted by Gasteiger charge is -2.35. The van der Waals surface area contributed by atoms with Gasteiger partial charge < -0.3 is 14.2 Å². The molecule has 4 rings (SSSR count). The van der Waals surface area contributed by atoms with Gasteiger partial charge in [-0.2, -0.15) is 0 Å². The van der Waals surface area contributed by atoms with E-state index in [2.05, 4.69) is 9.88 Å². The summed E-state index contributed by atoms with van der Waals surface area (Å²) < 4.78 is 6.74. The molecular weight excluding hydrogens is 332 g/mol. The lowest BCUT2D eigenvalue weighted by atomic mass is 10.2. The largest absolute Gasteiger partial charge is 0.419 e. The van der Waals surface area contributed by atoms with Crippen LogP contribution in [0.3, 0.4) is 0 Å². The summed E-state index contributed by atoms with van der Waals surface area (Å²) in [5, 5.41) is 0. The van der Waals surface area contributed by atoms with Crippen LogP contribution in [0.4, 0.5) is 5.69 Å². The Morgan fingerprint density at radius 3 is 2.54 bits per heavy atom. The average molecular weight is 353 g/mol. The van der Waals surface area contributed by atoms with Crippen LogP contribution in [-0.2, 0) is 11.3 Å². The summed E-state index contributed by atoms with van der Waals surface area (Å²) in [5.74, 6) is -0.340. The van der Waals surface area contributed by atoms with E-state index in [4.69, 9.17) is 4.42 Å². The number of benzene rings is 1. The number of hydrogen-bond acceptors (Lipinski definition) is 4. The molecule has 1 aliphatic heterocycles. The molecule has 0 unspecified atom stereocenters. The number of carbonyl (C=O) groups is 1. The van der Waals surface area contributed by atoms with Crippen molar-refractivity contribution in [3.8, 4) is 0 Å². The van der Waals surface area contributed by atoms with Crippen molar-refractivity contribution in [2.24, 2.45) is 0 Å². The Hall–Kier alpha value is -3.09. The predicted molar refractivity (Wildman–Crippen MR) is 96.9 cm³/mol. The minimum absolute atomic E-state index is 0.0724. The predicted octanol–water partition coefficient (Wildman–Crippen LogP) is 1.15. The molecule has 1 saturated heterocycles. The van der Waals surface area contributed by atoms with E-state index in [1.165, 1.54) is 4.57 Å². The van der Waals surface area contributed by atoms with Crippen molar-refractivity contribution in [2.75, 3.05) is 31.1 Å². The Morgan fingerprint density at radius 2 is 1.77 bits per heavy atom. The Balaban J connectivity index is 1.36. The molecule has 1 N–H and O–H groups in total. The minimum Gasteiger partial charge on any atom is -0.408 e. The van der Waals surface area contributed by atoms with Crippen LogP contribution in [0.2, 0.25) is 0 Å². The van der Waals surface area contributed by atoms with E-state index >= 15 is 0 Å². The highest BCUT2D eigenvalue weighted by molar-refractivity contribution is 5.77. The van der Waals surface area contributed by atoms with Crippen LogP contribution in [0.25, 0.3) is 11.1 Å². The monoisotopic (exact) mass is 353 g/mol. The van der Waals surface area contributed by atoms with Crippen molar-refractivity contribution in [1.82, 2.24) is 9.47 Å². The lowest BCUT2D eigenvalue weighted by Crippen LogP contribution is -2.49. The highest BCUT2D eigenvalue weighted by atomic mass is 16.4. The molecular formula is C19H21N4O3+. The van der Waals surface area contributed by atoms with Gasteiger partial charge in [-0.05, 0) is 12.1 Å². The van der Waals surface area contributed by atoms with E-state index in [1.807, 2.05) is 47.6 Å². The number of carbonyl (C=O) groups excluding carboxylic acids is 1. The standard InChI is InChI=1S/C19H20N4O3/c24-18(7-10-23-16-3-1-2-4-17(16)26-19(23)25)22-13-11-21(12-14-22)15-5-8-20-9-6-15/h1-6,8-9H,7,10-14H2/p+1. The van der Waals surface area contributed by atoms with Crippen molar-refractivity contribution in [3.05, 3.63) is 59.3 Å². The number of piperazine rings is 1. The Labute approximate surface area is 150 Å². The van der Waals surface area contributed by atoms with Gasteiger partial charge in [0.15, 0.2) is 18.0 Å². The second-order valence-corrected chi connectivity index (χ2v) is 6.36. The molecule has 26 heavy (non-hydrogen) atoms. The summed E-state index contributed by atoms with van der Waals surface area (Å²) in [7, 11) is 0. The van der Waals surface area contributed by atoms with Crippen LogP contribution in [0.15, 0.2) is 58.0 Å². The smallest absolute Gasteiger partial charge is 0.408 e. The summed E-state index contributed by atoms with van der Waals surface area (Å²) >= 11 is 0. The fourth-order valence-electron chi connectivity index (χ4n) is 3.39. The molecule has 0 radical (unpaired) electrons. The summed E-state index contributed by atoms with van der Waals surface area (Å²) in [6.07, 6.45) is 4.10. The topological polar surface area (TPSA) is 72.8 Å². The van der Waals surface area contributed by atoms with Crippen molar-refractivity contribution in [1.29, 1.82) is 0 Å². The van der Waals surface area contributed by atoms with E-state index < -0.39 is 5.76 Å². The number of anilines is 1. The quantitative estimate of drug-likeness (QED) is 0.705. The maximum absolute atomic E-state index is 12.5. The summed E-state index contributed by atoms with van der Waals surface area (Å²) in [4.78, 5) is 31.7. The van der Waals surface area contributed by atoms with Gasteiger partial charge in [-0.15, -0.1) is 0 Å². The third kappa shape index (κ3) is 3.20. The highest BCUT2D eigenvalue weighted by Crippen LogP contribution is 2.15. The number of aromatic nitrogens is 2. The molecule has 134 valence electrons. The number of H-pyrrole nitrogens is 1. The first-order chi connectivity index (χ1) is 12.7. The van der Waals surface area contributed by atoms with Gasteiger partial charge in [-0.3, -0.25) is 9.36 Å². The van der Waals surface area contributed by atoms with Gasteiger partial charge in [0, 0.05) is 57.0 Å². The molecule has 0 bridgehead atoms. The summed E-state index contributed by atoms with van der Waals surface area (Å²) in [6, 6.07) is 11.3. The molecule has 0 aliphatic carbocycles. The SMILES string of the molecule is O=C(CCn1c(=O)oc2ccccc21)N1CCN(c2cc[nH+]cc2)CC1. The molecule has 0 spiro atoms. The number of fused-ring (bicyclic) bond motifs is 1. The molecule has 1 aromatic carbocycles. The van der Waals surface area contributed by atoms with E-state index in [0.29, 0.717) is 31.6 Å². The molecule has 7 heteroatoms. The number of hydrogen-bond donors (Lipinski definition) is 0. The average Bonchev–Trinajstić information content (AvgIpc) is 3.02. The lowest BCUT2D eigenvalue weighted by molar-refractivity contribution is -0.377. The maximum atomic E-state index is 12.5. The van der Waals surface area contributed by atoms with Crippen molar-refractivity contribution < 1.29 is 14.2 Å². The Kier molecular flexibility index (Phi) is 4.43. The van der Waals surface area contributed by atoms with Gasteiger partial charge >= 0.3 is 5.76 Å². The van der Waals surface area contributed by atoms with Gasteiger partial charge in [0.25, 0.3) is 0 Å². The zero-order valence-electron chi connectivity index (χ0n) is 14.4. The van der Waals surface area contributed by atoms with Crippen molar-refractivity contribution in [3.63, 3.8) is 0 Å². The third-order valence-electron chi connectivity index (χ3n) is 4.82. The number of rotatable bonds is 4.